The predicted octanol–water partition coefficient (Wildman–Crippen LogP) is 2.17. The molecule has 1 saturated heterocycles. The number of cyclic esters (lactones) is 1. The molecule has 1 fully saturated rings. The summed E-state index contributed by atoms with van der Waals surface area (Å²) in [5, 5.41) is 0. The van der Waals surface area contributed by atoms with Gasteiger partial charge in [-0.2, -0.15) is 12.7 Å². The summed E-state index contributed by atoms with van der Waals surface area (Å²) < 4.78 is 31.9. The van der Waals surface area contributed by atoms with Crippen LogP contribution in [0.25, 0.3) is 11.1 Å². The first kappa shape index (κ1) is 15.3. The Balaban J connectivity index is 1.80. The molecular formula is C15H15N3O4S. The first-order valence-electron chi connectivity index (χ1n) is 6.96. The van der Waals surface area contributed by atoms with Crippen molar-refractivity contribution in [1.29, 1.82) is 0 Å². The fraction of sp³-hybridized carbons (Fsp3) is 0.200. The van der Waals surface area contributed by atoms with E-state index in [9.17, 15) is 13.2 Å². The Bertz CT molecular complexity index is 834. The molecule has 1 aliphatic rings. The molecule has 0 unspecified atom stereocenters. The second kappa shape index (κ2) is 5.88. The maximum atomic E-state index is 12.1. The topological polar surface area (TPSA) is 88.6 Å². The molecule has 2 aromatic rings. The van der Waals surface area contributed by atoms with Crippen LogP contribution in [0.2, 0.25) is 0 Å². The average molecular weight is 333 g/mol. The Morgan fingerprint density at radius 2 is 1.96 bits per heavy atom. The van der Waals surface area contributed by atoms with Gasteiger partial charge in [0.15, 0.2) is 0 Å². The number of aryl methyl sites for hydroxylation is 1. The van der Waals surface area contributed by atoms with E-state index in [1.807, 2.05) is 13.0 Å². The largest absolute Gasteiger partial charge is 0.447 e. The minimum Gasteiger partial charge on any atom is -0.447 e. The number of carbonyl (C=O) groups excluding carboxylic acids is 1. The number of benzene rings is 1. The number of amides is 1. The molecule has 0 atom stereocenters. The Morgan fingerprint density at radius 3 is 2.57 bits per heavy atom. The molecule has 23 heavy (non-hydrogen) atoms. The monoisotopic (exact) mass is 333 g/mol. The lowest BCUT2D eigenvalue weighted by Crippen LogP contribution is -2.36. The average Bonchev–Trinajstić information content (AvgIpc) is 2.96. The first-order chi connectivity index (χ1) is 11.0. The molecule has 1 aliphatic heterocycles. The molecule has 0 radical (unpaired) electrons. The van der Waals surface area contributed by atoms with Crippen molar-refractivity contribution in [3.63, 3.8) is 0 Å². The third-order valence-corrected chi connectivity index (χ3v) is 4.90. The number of hydrogen-bond acceptors (Lipinski definition) is 5. The van der Waals surface area contributed by atoms with Crippen molar-refractivity contribution in [2.24, 2.45) is 0 Å². The first-order valence-corrected chi connectivity index (χ1v) is 8.40. The number of carbonyl (C=O) groups is 1. The summed E-state index contributed by atoms with van der Waals surface area (Å²) >= 11 is 0. The summed E-state index contributed by atoms with van der Waals surface area (Å²) in [4.78, 5) is 15.5. The lowest BCUT2D eigenvalue weighted by atomic mass is 10.0. The van der Waals surface area contributed by atoms with Crippen LogP contribution in [0.3, 0.4) is 0 Å². The maximum absolute atomic E-state index is 12.1. The second-order valence-electron chi connectivity index (χ2n) is 5.06. The van der Waals surface area contributed by atoms with E-state index in [0.717, 1.165) is 16.7 Å². The molecule has 0 saturated carbocycles. The van der Waals surface area contributed by atoms with Crippen molar-refractivity contribution in [2.75, 3.05) is 17.9 Å². The van der Waals surface area contributed by atoms with Crippen LogP contribution in [0.1, 0.15) is 5.56 Å². The number of nitrogens with zero attached hydrogens (tertiary/aromatic N) is 2. The summed E-state index contributed by atoms with van der Waals surface area (Å²) in [6.07, 6.45) is 2.62. The lowest BCUT2D eigenvalue weighted by Gasteiger charge is -2.15. The zero-order valence-electron chi connectivity index (χ0n) is 12.4. The molecular weight excluding hydrogens is 318 g/mol. The van der Waals surface area contributed by atoms with Gasteiger partial charge in [0.2, 0.25) is 0 Å². The van der Waals surface area contributed by atoms with E-state index in [4.69, 9.17) is 0 Å². The Labute approximate surface area is 134 Å². The molecule has 7 nitrogen and oxygen atoms in total. The summed E-state index contributed by atoms with van der Waals surface area (Å²) in [5.74, 6) is 0. The fourth-order valence-electron chi connectivity index (χ4n) is 2.29. The number of pyridine rings is 1. The van der Waals surface area contributed by atoms with Crippen LogP contribution in [0.5, 0.6) is 0 Å². The van der Waals surface area contributed by atoms with Gasteiger partial charge in [-0.15, -0.1) is 0 Å². The lowest BCUT2D eigenvalue weighted by molar-refractivity contribution is 0.170. The minimum absolute atomic E-state index is 0.0150. The number of hydrogen-bond donors (Lipinski definition) is 1. The molecule has 3 rings (SSSR count). The summed E-state index contributed by atoms with van der Waals surface area (Å²) in [6.45, 7) is 2.06. The van der Waals surface area contributed by atoms with E-state index < -0.39 is 16.3 Å². The van der Waals surface area contributed by atoms with Crippen molar-refractivity contribution in [1.82, 2.24) is 9.29 Å². The normalized spacial score (nSPS) is 14.7. The Kier molecular flexibility index (Phi) is 3.91. The molecule has 0 aliphatic carbocycles. The predicted molar refractivity (Wildman–Crippen MR) is 85.0 cm³/mol. The molecule has 120 valence electrons. The molecule has 1 aromatic heterocycles. The van der Waals surface area contributed by atoms with Gasteiger partial charge in [-0.1, -0.05) is 12.1 Å². The SMILES string of the molecule is Cc1ccncc1-c1ccc(NS(=O)(=O)N2CCOC2=O)cc1. The van der Waals surface area contributed by atoms with Gasteiger partial charge in [-0.25, -0.2) is 4.79 Å². The summed E-state index contributed by atoms with van der Waals surface area (Å²) in [6, 6.07) is 8.78. The molecule has 8 heteroatoms. The quantitative estimate of drug-likeness (QED) is 0.926. The van der Waals surface area contributed by atoms with E-state index in [1.165, 1.54) is 0 Å². The zero-order valence-corrected chi connectivity index (χ0v) is 13.2. The van der Waals surface area contributed by atoms with E-state index in [2.05, 4.69) is 14.4 Å². The standard InChI is InChI=1S/C15H15N3O4S/c1-11-6-7-16-10-14(11)12-2-4-13(5-3-12)17-23(20,21)18-8-9-22-15(18)19/h2-7,10,17H,8-9H2,1H3. The highest BCUT2D eigenvalue weighted by Crippen LogP contribution is 2.24. The highest BCUT2D eigenvalue weighted by atomic mass is 32.2. The highest BCUT2D eigenvalue weighted by Gasteiger charge is 2.33. The van der Waals surface area contributed by atoms with Gasteiger partial charge in [0.25, 0.3) is 0 Å². The van der Waals surface area contributed by atoms with Crippen molar-refractivity contribution in [3.8, 4) is 11.1 Å². The van der Waals surface area contributed by atoms with Crippen molar-refractivity contribution in [2.45, 2.75) is 6.92 Å². The second-order valence-corrected chi connectivity index (χ2v) is 6.66. The van der Waals surface area contributed by atoms with E-state index in [1.54, 1.807) is 36.7 Å². The molecule has 1 N–H and O–H groups in total. The molecule has 0 bridgehead atoms. The number of nitrogens with one attached hydrogen (secondary N) is 1. The van der Waals surface area contributed by atoms with Crippen LogP contribution in [0, 0.1) is 6.92 Å². The van der Waals surface area contributed by atoms with Crippen LogP contribution < -0.4 is 4.72 Å². The van der Waals surface area contributed by atoms with Crippen molar-refractivity contribution in [3.05, 3.63) is 48.3 Å². The molecule has 0 spiro atoms. The molecule has 2 heterocycles. The fourth-order valence-corrected chi connectivity index (χ4v) is 3.39. The number of aromatic nitrogens is 1. The number of rotatable bonds is 4. The van der Waals surface area contributed by atoms with Gasteiger partial charge in [0.05, 0.1) is 12.2 Å². The van der Waals surface area contributed by atoms with Gasteiger partial charge in [-0.05, 0) is 36.2 Å². The summed E-state index contributed by atoms with van der Waals surface area (Å²) in [7, 11) is -3.95. The molecule has 1 aromatic carbocycles. The van der Waals surface area contributed by atoms with Gasteiger partial charge in [0.1, 0.15) is 6.61 Å². The Morgan fingerprint density at radius 1 is 1.22 bits per heavy atom. The smallest absolute Gasteiger partial charge is 0.425 e. The van der Waals surface area contributed by atoms with Crippen molar-refractivity contribution >= 4 is 22.0 Å². The van der Waals surface area contributed by atoms with Crippen LogP contribution in [-0.2, 0) is 14.9 Å². The summed E-state index contributed by atoms with van der Waals surface area (Å²) in [5.41, 5.74) is 3.35. The van der Waals surface area contributed by atoms with Crippen LogP contribution in [0.4, 0.5) is 10.5 Å². The van der Waals surface area contributed by atoms with Gasteiger partial charge >= 0.3 is 16.3 Å². The van der Waals surface area contributed by atoms with Crippen LogP contribution in [-0.4, -0.2) is 37.0 Å². The van der Waals surface area contributed by atoms with Crippen molar-refractivity contribution < 1.29 is 17.9 Å². The zero-order chi connectivity index (χ0) is 16.4. The third kappa shape index (κ3) is 3.11. The minimum atomic E-state index is -3.95. The van der Waals surface area contributed by atoms with Gasteiger partial charge in [-0.3, -0.25) is 9.71 Å². The maximum Gasteiger partial charge on any atom is 0.425 e. The van der Waals surface area contributed by atoms with Crippen LogP contribution >= 0.6 is 0 Å². The highest BCUT2D eigenvalue weighted by molar-refractivity contribution is 7.90. The number of anilines is 1. The molecule has 1 amide bonds. The van der Waals surface area contributed by atoms with E-state index in [0.29, 0.717) is 9.99 Å². The van der Waals surface area contributed by atoms with Gasteiger partial charge in [0, 0.05) is 18.0 Å². The number of ether oxygens (including phenoxy) is 1. The van der Waals surface area contributed by atoms with Gasteiger partial charge < -0.3 is 4.74 Å². The van der Waals surface area contributed by atoms with E-state index in [-0.39, 0.29) is 13.2 Å². The Hall–Kier alpha value is -2.61. The van der Waals surface area contributed by atoms with Crippen LogP contribution in [0.15, 0.2) is 42.7 Å². The third-order valence-electron chi connectivity index (χ3n) is 3.50. The van der Waals surface area contributed by atoms with E-state index >= 15 is 0 Å².